The number of piperazine rings is 1. The molecule has 0 spiro atoms. The highest BCUT2D eigenvalue weighted by Crippen LogP contribution is 2.19. The first-order valence-electron chi connectivity index (χ1n) is 6.93. The summed E-state index contributed by atoms with van der Waals surface area (Å²) in [4.78, 5) is 16.6. The van der Waals surface area contributed by atoms with Crippen molar-refractivity contribution in [3.63, 3.8) is 0 Å². The average molecular weight is 311 g/mol. The summed E-state index contributed by atoms with van der Waals surface area (Å²) in [5, 5.41) is 0. The summed E-state index contributed by atoms with van der Waals surface area (Å²) in [6.07, 6.45) is 1.11. The monoisotopic (exact) mass is 311 g/mol. The fourth-order valence-electron chi connectivity index (χ4n) is 2.41. The van der Waals surface area contributed by atoms with Crippen molar-refractivity contribution in [2.45, 2.75) is 11.8 Å². The van der Waals surface area contributed by atoms with Crippen molar-refractivity contribution in [2.75, 3.05) is 44.7 Å². The molecule has 0 saturated carbocycles. The van der Waals surface area contributed by atoms with E-state index in [9.17, 15) is 13.2 Å². The normalized spacial score (nSPS) is 17.0. The summed E-state index contributed by atoms with van der Waals surface area (Å²) in [5.41, 5.74) is 6.34. The number of amides is 1. The molecule has 6 nitrogen and oxygen atoms in total. The molecule has 0 aromatic heterocycles. The van der Waals surface area contributed by atoms with Crippen LogP contribution >= 0.6 is 0 Å². The second-order valence-corrected chi connectivity index (χ2v) is 7.31. The summed E-state index contributed by atoms with van der Waals surface area (Å²) in [7, 11) is -3.38. The number of carbonyl (C=O) groups is 1. The lowest BCUT2D eigenvalue weighted by Crippen LogP contribution is -2.48. The van der Waals surface area contributed by atoms with Gasteiger partial charge in [0.25, 0.3) is 5.91 Å². The van der Waals surface area contributed by atoms with Gasteiger partial charge in [0.15, 0.2) is 9.84 Å². The summed E-state index contributed by atoms with van der Waals surface area (Å²) in [5.74, 6) is -0.164. The molecule has 2 rings (SSSR count). The number of nitrogen functional groups attached to an aromatic ring is 1. The molecule has 21 heavy (non-hydrogen) atoms. The van der Waals surface area contributed by atoms with Crippen LogP contribution in [0.15, 0.2) is 23.1 Å². The molecule has 0 atom stereocenters. The molecule has 116 valence electrons. The van der Waals surface area contributed by atoms with Crippen LogP contribution < -0.4 is 5.73 Å². The van der Waals surface area contributed by atoms with Gasteiger partial charge in [0, 0.05) is 43.7 Å². The lowest BCUT2D eigenvalue weighted by Gasteiger charge is -2.34. The predicted molar refractivity (Wildman–Crippen MR) is 82.0 cm³/mol. The third kappa shape index (κ3) is 3.74. The first-order chi connectivity index (χ1) is 9.81. The molecule has 1 heterocycles. The first-order valence-corrected chi connectivity index (χ1v) is 8.82. The molecule has 1 fully saturated rings. The van der Waals surface area contributed by atoms with Crippen LogP contribution in [-0.4, -0.2) is 63.1 Å². The summed E-state index contributed by atoms with van der Waals surface area (Å²) < 4.78 is 23.3. The number of likely N-dealkylation sites (N-methyl/N-ethyl adjacent to an activating group) is 1. The summed E-state index contributed by atoms with van der Waals surface area (Å²) in [6.45, 7) is 6.03. The van der Waals surface area contributed by atoms with Gasteiger partial charge in [0.2, 0.25) is 0 Å². The van der Waals surface area contributed by atoms with E-state index in [0.717, 1.165) is 25.9 Å². The maximum atomic E-state index is 12.5. The van der Waals surface area contributed by atoms with Crippen LogP contribution in [0.4, 0.5) is 5.69 Å². The molecular weight excluding hydrogens is 290 g/mol. The van der Waals surface area contributed by atoms with Gasteiger partial charge in [-0.15, -0.1) is 0 Å². The fourth-order valence-corrected chi connectivity index (χ4v) is 3.10. The van der Waals surface area contributed by atoms with Gasteiger partial charge in [0.05, 0.1) is 4.90 Å². The lowest BCUT2D eigenvalue weighted by atomic mass is 10.1. The van der Waals surface area contributed by atoms with Crippen molar-refractivity contribution in [1.82, 2.24) is 9.80 Å². The number of nitrogens with two attached hydrogens (primary N) is 1. The largest absolute Gasteiger partial charge is 0.399 e. The lowest BCUT2D eigenvalue weighted by molar-refractivity contribution is 0.0643. The topological polar surface area (TPSA) is 83.7 Å². The van der Waals surface area contributed by atoms with Crippen LogP contribution in [0.1, 0.15) is 17.3 Å². The molecule has 1 aromatic rings. The van der Waals surface area contributed by atoms with Crippen LogP contribution in [0.25, 0.3) is 0 Å². The number of hydrogen-bond donors (Lipinski definition) is 1. The Kier molecular flexibility index (Phi) is 4.53. The molecule has 0 aliphatic carbocycles. The molecule has 1 aromatic carbocycles. The maximum Gasteiger partial charge on any atom is 0.254 e. The molecule has 1 aliphatic heterocycles. The molecule has 7 heteroatoms. The number of nitrogens with zero attached hydrogens (tertiary/aromatic N) is 2. The third-order valence-electron chi connectivity index (χ3n) is 3.71. The fraction of sp³-hybridized carbons (Fsp3) is 0.500. The van der Waals surface area contributed by atoms with Gasteiger partial charge in [-0.1, -0.05) is 6.92 Å². The maximum absolute atomic E-state index is 12.5. The standard InChI is InChI=1S/C14H21N3O3S/c1-3-16-4-6-17(7-5-16)14(18)11-8-12(15)10-13(9-11)21(2,19)20/h8-10H,3-7,15H2,1-2H3. The molecule has 0 unspecified atom stereocenters. The Morgan fingerprint density at radius 1 is 1.19 bits per heavy atom. The van der Waals surface area contributed by atoms with Crippen molar-refractivity contribution >= 4 is 21.4 Å². The van der Waals surface area contributed by atoms with Crippen molar-refractivity contribution in [3.8, 4) is 0 Å². The van der Waals surface area contributed by atoms with E-state index in [4.69, 9.17) is 5.73 Å². The number of rotatable bonds is 3. The molecule has 1 aliphatic rings. The quantitative estimate of drug-likeness (QED) is 0.819. The van der Waals surface area contributed by atoms with E-state index in [1.807, 2.05) is 0 Å². The Morgan fingerprint density at radius 2 is 1.81 bits per heavy atom. The summed E-state index contributed by atoms with van der Waals surface area (Å²) in [6, 6.07) is 4.31. The zero-order valence-electron chi connectivity index (χ0n) is 12.4. The van der Waals surface area contributed by atoms with Crippen molar-refractivity contribution in [3.05, 3.63) is 23.8 Å². The number of sulfone groups is 1. The molecule has 1 amide bonds. The summed E-state index contributed by atoms with van der Waals surface area (Å²) >= 11 is 0. The minimum absolute atomic E-state index is 0.0815. The number of benzene rings is 1. The Morgan fingerprint density at radius 3 is 2.33 bits per heavy atom. The van der Waals surface area contributed by atoms with Gasteiger partial charge >= 0.3 is 0 Å². The van der Waals surface area contributed by atoms with E-state index in [-0.39, 0.29) is 16.5 Å². The Hall–Kier alpha value is -1.60. The van der Waals surface area contributed by atoms with Crippen molar-refractivity contribution < 1.29 is 13.2 Å². The molecule has 0 radical (unpaired) electrons. The van der Waals surface area contributed by atoms with E-state index in [1.54, 1.807) is 4.90 Å². The Labute approximate surface area is 125 Å². The zero-order valence-corrected chi connectivity index (χ0v) is 13.2. The van der Waals surface area contributed by atoms with Gasteiger partial charge in [-0.2, -0.15) is 0 Å². The van der Waals surface area contributed by atoms with Gasteiger partial charge in [-0.05, 0) is 24.7 Å². The van der Waals surface area contributed by atoms with Crippen molar-refractivity contribution in [1.29, 1.82) is 0 Å². The molecule has 1 saturated heterocycles. The Balaban J connectivity index is 2.22. The van der Waals surface area contributed by atoms with E-state index >= 15 is 0 Å². The van der Waals surface area contributed by atoms with Crippen LogP contribution in [-0.2, 0) is 9.84 Å². The molecule has 0 bridgehead atoms. The zero-order chi connectivity index (χ0) is 15.6. The first kappa shape index (κ1) is 15.8. The minimum Gasteiger partial charge on any atom is -0.399 e. The smallest absolute Gasteiger partial charge is 0.254 e. The SMILES string of the molecule is CCN1CCN(C(=O)c2cc(N)cc(S(C)(=O)=O)c2)CC1. The predicted octanol–water partition coefficient (Wildman–Crippen LogP) is 0.450. The second kappa shape index (κ2) is 6.03. The van der Waals surface area contributed by atoms with Gasteiger partial charge in [-0.3, -0.25) is 4.79 Å². The van der Waals surface area contributed by atoms with E-state index in [0.29, 0.717) is 18.7 Å². The van der Waals surface area contributed by atoms with Gasteiger partial charge in [-0.25, -0.2) is 8.42 Å². The highest BCUT2D eigenvalue weighted by atomic mass is 32.2. The molecular formula is C14H21N3O3S. The highest BCUT2D eigenvalue weighted by Gasteiger charge is 2.22. The van der Waals surface area contributed by atoms with Crippen LogP contribution in [0.5, 0.6) is 0 Å². The second-order valence-electron chi connectivity index (χ2n) is 5.29. The number of anilines is 1. The average Bonchev–Trinajstić information content (AvgIpc) is 2.45. The van der Waals surface area contributed by atoms with Crippen molar-refractivity contribution in [2.24, 2.45) is 0 Å². The van der Waals surface area contributed by atoms with E-state index in [1.165, 1.54) is 18.2 Å². The van der Waals surface area contributed by atoms with Gasteiger partial charge in [0.1, 0.15) is 0 Å². The highest BCUT2D eigenvalue weighted by molar-refractivity contribution is 7.90. The Bertz CT molecular complexity index is 635. The van der Waals surface area contributed by atoms with Crippen LogP contribution in [0.2, 0.25) is 0 Å². The van der Waals surface area contributed by atoms with Crippen LogP contribution in [0, 0.1) is 0 Å². The van der Waals surface area contributed by atoms with Gasteiger partial charge < -0.3 is 15.5 Å². The number of hydrogen-bond acceptors (Lipinski definition) is 5. The number of carbonyl (C=O) groups excluding carboxylic acids is 1. The minimum atomic E-state index is -3.38. The van der Waals surface area contributed by atoms with Crippen LogP contribution in [0.3, 0.4) is 0 Å². The third-order valence-corrected chi connectivity index (χ3v) is 4.80. The van der Waals surface area contributed by atoms with E-state index < -0.39 is 9.84 Å². The van der Waals surface area contributed by atoms with E-state index in [2.05, 4.69) is 11.8 Å². The molecule has 2 N–H and O–H groups in total.